The Morgan fingerprint density at radius 2 is 1.28 bits per heavy atom. The summed E-state index contributed by atoms with van der Waals surface area (Å²) in [6, 6.07) is 67.7. The van der Waals surface area contributed by atoms with Crippen LogP contribution in [0.15, 0.2) is 223 Å². The zero-order chi connectivity index (χ0) is 66.4. The number of fused-ring (bicyclic) bond motifs is 2. The number of aliphatic hydroxyl groups excluding tert-OH is 1. The molecule has 0 spiro atoms. The Bertz CT molecular complexity index is 4200. The molecule has 6 aromatic carbocycles. The van der Waals surface area contributed by atoms with Crippen LogP contribution in [0.5, 0.6) is 5.75 Å². The van der Waals surface area contributed by atoms with Crippen molar-refractivity contribution in [3.63, 3.8) is 0 Å². The van der Waals surface area contributed by atoms with Crippen LogP contribution in [0.3, 0.4) is 0 Å². The van der Waals surface area contributed by atoms with Gasteiger partial charge in [0.05, 0.1) is 36.8 Å². The Balaban J connectivity index is 0.000000335. The third kappa shape index (κ3) is 17.8. The fourth-order valence-corrected chi connectivity index (χ4v) is 17.4. The van der Waals surface area contributed by atoms with Crippen LogP contribution in [0.4, 0.5) is 5.69 Å². The number of carbonyl (C=O) groups is 1. The summed E-state index contributed by atoms with van der Waals surface area (Å²) in [5.41, 5.74) is 11.1. The Hall–Kier alpha value is -8.85. The largest absolute Gasteiger partial charge is 1.00 e. The molecule has 0 saturated heterocycles. The number of amides is 1. The van der Waals surface area contributed by atoms with Gasteiger partial charge in [0.1, 0.15) is 35.9 Å². The van der Waals surface area contributed by atoms with Gasteiger partial charge in [0, 0.05) is 79.0 Å². The number of unbranched alkanes of at least 4 members (excludes halogenated alkanes) is 1. The van der Waals surface area contributed by atoms with Gasteiger partial charge in [-0.15, -0.1) is 5.10 Å². The Morgan fingerprint density at radius 1 is 0.660 bits per heavy atom. The third-order valence-corrected chi connectivity index (χ3v) is 24.1. The molecule has 0 fully saturated rings. The maximum Gasteiger partial charge on any atom is -1.00 e. The third-order valence-electron chi connectivity index (χ3n) is 17.2. The van der Waals surface area contributed by atoms with Crippen molar-refractivity contribution in [2.45, 2.75) is 74.4 Å². The molecule has 0 unspecified atom stereocenters. The minimum atomic E-state index is -3.36. The second-order valence-electron chi connectivity index (χ2n) is 23.3. The summed E-state index contributed by atoms with van der Waals surface area (Å²) in [6.45, 7) is 17.1. The van der Waals surface area contributed by atoms with Crippen LogP contribution in [0.25, 0.3) is 57.0 Å². The van der Waals surface area contributed by atoms with Gasteiger partial charge < -0.3 is 31.4 Å². The summed E-state index contributed by atoms with van der Waals surface area (Å²) in [5.74, 6) is -1.84. The number of aryl methyl sites for hydroxylation is 2. The maximum atomic E-state index is 14.4. The minimum absolute atomic E-state index is 0. The molecule has 11 rings (SSSR count). The van der Waals surface area contributed by atoms with Crippen molar-refractivity contribution >= 4 is 67.8 Å². The average molecular weight is 1360 g/mol. The van der Waals surface area contributed by atoms with Crippen LogP contribution in [0.1, 0.15) is 87.6 Å². The Morgan fingerprint density at radius 3 is 1.89 bits per heavy atom. The molecule has 2 aliphatic rings. The van der Waals surface area contributed by atoms with Crippen LogP contribution < -0.4 is 47.9 Å². The molecule has 506 valence electrons. The van der Waals surface area contributed by atoms with Gasteiger partial charge in [-0.05, 0) is 118 Å². The molecule has 1 aliphatic heterocycles. The van der Waals surface area contributed by atoms with E-state index in [9.17, 15) is 4.79 Å². The molecule has 1 aliphatic carbocycles. The SMILES string of the molecule is C.CCc1ccc(-c2ccc(/C=C/c3ccc(OCCCCn4cc(CN(C)C(=O)c5ccccc5-c5c6ccc(=[N+](CC)CC)cc-6oc6cc(N(CC)CC)ccc56)nn4)cc3)cn2)nc1.OCCOCCOCP(Cl)(c1ccccc1)(c1ccccc1)c1ccccc1.[Cl-]. The number of hydrogen-bond donors (Lipinski definition) is 1. The second-order valence-corrected chi connectivity index (χ2v) is 29.7. The molecule has 1 N–H and O–H groups in total. The second kappa shape index (κ2) is 35.9. The van der Waals surface area contributed by atoms with Crippen LogP contribution in [-0.4, -0.2) is 113 Å². The molecule has 0 saturated carbocycles. The first-order chi connectivity index (χ1) is 46.5. The van der Waals surface area contributed by atoms with Crippen LogP contribution >= 0.6 is 17.2 Å². The van der Waals surface area contributed by atoms with E-state index in [0.29, 0.717) is 51.4 Å². The van der Waals surface area contributed by atoms with Crippen molar-refractivity contribution in [2.75, 3.05) is 77.5 Å². The van der Waals surface area contributed by atoms with E-state index in [2.05, 4.69) is 174 Å². The first kappa shape index (κ1) is 74.0. The molecule has 1 amide bonds. The summed E-state index contributed by atoms with van der Waals surface area (Å²) in [6.07, 6.45) is 12.9. The van der Waals surface area contributed by atoms with Gasteiger partial charge in [0.2, 0.25) is 5.36 Å². The number of aromatic nitrogens is 5. The molecule has 97 heavy (non-hydrogen) atoms. The van der Waals surface area contributed by atoms with Gasteiger partial charge in [-0.2, -0.15) is 0 Å². The van der Waals surface area contributed by atoms with E-state index < -0.39 is 5.96 Å². The van der Waals surface area contributed by atoms with Gasteiger partial charge in [-0.1, -0.05) is 74.2 Å². The van der Waals surface area contributed by atoms with Crippen LogP contribution in [0.2, 0.25) is 0 Å². The summed E-state index contributed by atoms with van der Waals surface area (Å²) >= 11 is 7.84. The van der Waals surface area contributed by atoms with Gasteiger partial charge in [-0.3, -0.25) is 19.4 Å². The number of rotatable bonds is 29. The normalized spacial score (nSPS) is 11.6. The molecule has 17 heteroatoms. The van der Waals surface area contributed by atoms with Crippen LogP contribution in [-0.2, 0) is 29.0 Å². The summed E-state index contributed by atoms with van der Waals surface area (Å²) in [4.78, 5) is 27.6. The number of anilines is 1. The molecular formula is C80H91Cl2N8O6P. The smallest absolute Gasteiger partial charge is 1.00 e. The average Bonchev–Trinajstić information content (AvgIpc) is 0.903. The van der Waals surface area contributed by atoms with E-state index in [1.165, 1.54) is 5.56 Å². The fraction of sp³-hybridized carbons (Fsp3) is 0.275. The number of carbonyl (C=O) groups excluding carboxylic acids is 1. The van der Waals surface area contributed by atoms with E-state index in [-0.39, 0.29) is 32.3 Å². The van der Waals surface area contributed by atoms with E-state index >= 15 is 0 Å². The van der Waals surface area contributed by atoms with Crippen molar-refractivity contribution in [3.8, 4) is 39.6 Å². The first-order valence-electron chi connectivity index (χ1n) is 33.0. The number of benzene rings is 7. The number of ether oxygens (including phenoxy) is 3. The van der Waals surface area contributed by atoms with Gasteiger partial charge >= 0.3 is 171 Å². The molecule has 9 aromatic rings. The zero-order valence-electron chi connectivity index (χ0n) is 55.8. The first-order valence-corrected chi connectivity index (χ1v) is 36.4. The minimum Gasteiger partial charge on any atom is -1.00 e. The van der Waals surface area contributed by atoms with Crippen molar-refractivity contribution in [3.05, 3.63) is 252 Å². The number of pyridine rings is 2. The predicted molar refractivity (Wildman–Crippen MR) is 397 cm³/mol. The molecular weight excluding hydrogens is 1270 g/mol. The van der Waals surface area contributed by atoms with Gasteiger partial charge in [0.15, 0.2) is 0 Å². The molecule has 4 heterocycles. The molecule has 0 bridgehead atoms. The standard InChI is InChI=1S/C56H61N8O3.C23H26ClO3P.CH4.ClH/c1-7-40-22-30-51(57-36-40)52-31-23-42(37-58-52)19-18-41-20-26-46(27-21-41)66-33-15-14-32-64-39-43(59-60-64)38-61(6)56(65)48-17-13-12-16-47(48)55-49-28-24-44(62(8-2)9-3)34-53(49)67-54-35-45(25-29-50(54)55)63(10-4)11-5;24-28(21-10-4-1-5-11-21,22-12-6-2-7-13-22,23-14-8-3-9-15-23)20-27-19-18-26-17-16-25;;/h12-13,16-31,34-37,39H,7-11,14-15,32-33,38H2,1-6H3;1-15,25H,16-20H2;1H4;1H/q+1;;;/p-1/b19-18+;;;. The number of nitrogens with zero attached hydrogens (tertiary/aromatic N) is 8. The molecule has 0 atom stereocenters. The van der Waals surface area contributed by atoms with Crippen LogP contribution in [0, 0.1) is 0 Å². The number of hydrogen-bond acceptors (Lipinski definition) is 11. The van der Waals surface area contributed by atoms with E-state index in [1.807, 2.05) is 133 Å². The zero-order valence-corrected chi connectivity index (χ0v) is 58.2. The van der Waals surface area contributed by atoms with Crippen molar-refractivity contribution in [2.24, 2.45) is 0 Å². The molecule has 0 radical (unpaired) electrons. The molecule has 14 nitrogen and oxygen atoms in total. The summed E-state index contributed by atoms with van der Waals surface area (Å²) in [5, 5.41) is 23.0. The predicted octanol–water partition coefficient (Wildman–Crippen LogP) is 12.1. The summed E-state index contributed by atoms with van der Waals surface area (Å²) < 4.78 is 28.4. The summed E-state index contributed by atoms with van der Waals surface area (Å²) in [7, 11) is 1.82. The van der Waals surface area contributed by atoms with Gasteiger partial charge in [0.25, 0.3) is 5.91 Å². The van der Waals surface area contributed by atoms with E-state index in [0.717, 1.165) is 140 Å². The Labute approximate surface area is 583 Å². The topological polar surface area (TPSA) is 144 Å². The van der Waals surface area contributed by atoms with Gasteiger partial charge in [-0.25, -0.2) is 4.58 Å². The van der Waals surface area contributed by atoms with Crippen molar-refractivity contribution in [1.82, 2.24) is 34.4 Å². The number of halogens is 2. The maximum absolute atomic E-state index is 14.4. The quantitative estimate of drug-likeness (QED) is 0.0207. The van der Waals surface area contributed by atoms with E-state index in [4.69, 9.17) is 35.0 Å². The molecule has 3 aromatic heterocycles. The van der Waals surface area contributed by atoms with E-state index in [1.54, 1.807) is 4.90 Å². The fourth-order valence-electron chi connectivity index (χ4n) is 11.9. The Kier molecular flexibility index (Phi) is 27.4. The van der Waals surface area contributed by atoms with Crippen molar-refractivity contribution in [1.29, 1.82) is 0 Å². The van der Waals surface area contributed by atoms with Crippen molar-refractivity contribution < 1.29 is 40.9 Å². The number of aliphatic hydroxyl groups is 1. The monoisotopic (exact) mass is 1360 g/mol.